The molecule has 0 aliphatic carbocycles. The summed E-state index contributed by atoms with van der Waals surface area (Å²) in [6.45, 7) is 0. The summed E-state index contributed by atoms with van der Waals surface area (Å²) in [4.78, 5) is 13.2. The molecule has 0 radical (unpaired) electrons. The molecular weight excluding hydrogens is 246 g/mol. The Morgan fingerprint density at radius 2 is 1.45 bits per heavy atom. The quantitative estimate of drug-likeness (QED) is 0.520. The van der Waals surface area contributed by atoms with Crippen molar-refractivity contribution in [2.45, 2.75) is 0 Å². The van der Waals surface area contributed by atoms with Gasteiger partial charge in [-0.15, -0.1) is 0 Å². The van der Waals surface area contributed by atoms with Gasteiger partial charge in [-0.3, -0.25) is 15.0 Å². The summed E-state index contributed by atoms with van der Waals surface area (Å²) in [5.41, 5.74) is 5.03. The van der Waals surface area contributed by atoms with Crippen molar-refractivity contribution >= 4 is 21.9 Å². The van der Waals surface area contributed by atoms with Gasteiger partial charge in [0.15, 0.2) is 0 Å². The summed E-state index contributed by atoms with van der Waals surface area (Å²) in [7, 11) is 0. The van der Waals surface area contributed by atoms with Crippen molar-refractivity contribution < 1.29 is 0 Å². The van der Waals surface area contributed by atoms with Crippen LogP contribution in [0.2, 0.25) is 0 Å². The first-order valence-corrected chi connectivity index (χ1v) is 6.46. The van der Waals surface area contributed by atoms with E-state index in [2.05, 4.69) is 39.2 Å². The topological polar surface area (TPSA) is 38.7 Å². The predicted octanol–water partition coefficient (Wildman–Crippen LogP) is 3.85. The number of benzene rings is 1. The molecule has 0 N–H and O–H groups in total. The molecule has 0 spiro atoms. The fourth-order valence-electron chi connectivity index (χ4n) is 2.37. The van der Waals surface area contributed by atoms with Crippen LogP contribution < -0.4 is 0 Å². The minimum atomic E-state index is 0.913. The molecule has 1 aromatic carbocycles. The first kappa shape index (κ1) is 11.1. The van der Waals surface area contributed by atoms with E-state index in [1.165, 1.54) is 0 Å². The third-order valence-corrected chi connectivity index (χ3v) is 3.39. The molecule has 0 bridgehead atoms. The van der Waals surface area contributed by atoms with E-state index in [-0.39, 0.29) is 0 Å². The molecule has 0 saturated carbocycles. The van der Waals surface area contributed by atoms with Crippen molar-refractivity contribution in [1.29, 1.82) is 0 Å². The fraction of sp³-hybridized carbons (Fsp3) is 0. The zero-order valence-corrected chi connectivity index (χ0v) is 10.7. The lowest BCUT2D eigenvalue weighted by Crippen LogP contribution is -1.86. The van der Waals surface area contributed by atoms with Crippen LogP contribution >= 0.6 is 0 Å². The van der Waals surface area contributed by atoms with Crippen LogP contribution in [-0.2, 0) is 0 Å². The monoisotopic (exact) mass is 257 g/mol. The Balaban J connectivity index is 1.91. The van der Waals surface area contributed by atoms with Crippen molar-refractivity contribution in [3.63, 3.8) is 0 Å². The second kappa shape index (κ2) is 4.38. The van der Waals surface area contributed by atoms with Crippen LogP contribution in [0.15, 0.2) is 67.1 Å². The van der Waals surface area contributed by atoms with Gasteiger partial charge in [0, 0.05) is 29.5 Å². The summed E-state index contributed by atoms with van der Waals surface area (Å²) >= 11 is 0. The van der Waals surface area contributed by atoms with Gasteiger partial charge in [0.2, 0.25) is 0 Å². The van der Waals surface area contributed by atoms with Crippen LogP contribution in [-0.4, -0.2) is 15.0 Å². The van der Waals surface area contributed by atoms with Crippen LogP contribution in [0.1, 0.15) is 0 Å². The number of nitrogens with zero attached hydrogens (tertiary/aromatic N) is 3. The Morgan fingerprint density at radius 1 is 0.600 bits per heavy atom. The first-order valence-electron chi connectivity index (χ1n) is 6.46. The van der Waals surface area contributed by atoms with Gasteiger partial charge < -0.3 is 0 Å². The van der Waals surface area contributed by atoms with Gasteiger partial charge in [0.1, 0.15) is 0 Å². The van der Waals surface area contributed by atoms with E-state index in [1.807, 2.05) is 36.7 Å². The van der Waals surface area contributed by atoms with E-state index in [9.17, 15) is 0 Å². The Labute approximate surface area is 116 Å². The molecule has 94 valence electrons. The smallest absolute Gasteiger partial charge is 0.0892 e. The van der Waals surface area contributed by atoms with E-state index in [0.717, 1.165) is 33.1 Å². The number of hydrogen-bond donors (Lipinski definition) is 0. The van der Waals surface area contributed by atoms with Gasteiger partial charge in [0.05, 0.1) is 16.6 Å². The third-order valence-electron chi connectivity index (χ3n) is 3.39. The maximum Gasteiger partial charge on any atom is 0.0892 e. The highest BCUT2D eigenvalue weighted by Crippen LogP contribution is 2.24. The van der Waals surface area contributed by atoms with Crippen LogP contribution in [0, 0.1) is 0 Å². The molecular formula is C17H11N3. The Hall–Kier alpha value is -2.81. The lowest BCUT2D eigenvalue weighted by atomic mass is 10.0. The molecule has 0 amide bonds. The van der Waals surface area contributed by atoms with E-state index in [0.29, 0.717) is 0 Å². The normalized spacial score (nSPS) is 11.0. The number of fused-ring (bicyclic) bond motifs is 2. The summed E-state index contributed by atoms with van der Waals surface area (Å²) in [5, 5.41) is 1.13. The predicted molar refractivity (Wildman–Crippen MR) is 80.3 cm³/mol. The van der Waals surface area contributed by atoms with E-state index in [1.54, 1.807) is 6.20 Å². The van der Waals surface area contributed by atoms with Gasteiger partial charge in [-0.2, -0.15) is 0 Å². The number of aromatic nitrogens is 3. The Morgan fingerprint density at radius 3 is 2.40 bits per heavy atom. The van der Waals surface area contributed by atoms with Crippen molar-refractivity contribution in [2.24, 2.45) is 0 Å². The van der Waals surface area contributed by atoms with Gasteiger partial charge in [0.25, 0.3) is 0 Å². The SMILES string of the molecule is c1cnc2ccc(-c3cnc4cccnc4c3)cc2c1. The minimum Gasteiger partial charge on any atom is -0.256 e. The maximum atomic E-state index is 4.46. The molecule has 3 nitrogen and oxygen atoms in total. The zero-order chi connectivity index (χ0) is 13.4. The molecule has 20 heavy (non-hydrogen) atoms. The van der Waals surface area contributed by atoms with Crippen molar-refractivity contribution in [3.8, 4) is 11.1 Å². The summed E-state index contributed by atoms with van der Waals surface area (Å²) in [5.74, 6) is 0. The molecule has 4 rings (SSSR count). The summed E-state index contributed by atoms with van der Waals surface area (Å²) in [6.07, 6.45) is 5.49. The molecule has 0 atom stereocenters. The van der Waals surface area contributed by atoms with Crippen LogP contribution in [0.3, 0.4) is 0 Å². The molecule has 0 fully saturated rings. The second-order valence-corrected chi connectivity index (χ2v) is 4.68. The van der Waals surface area contributed by atoms with Crippen LogP contribution in [0.25, 0.3) is 33.1 Å². The zero-order valence-electron chi connectivity index (χ0n) is 10.7. The lowest BCUT2D eigenvalue weighted by Gasteiger charge is -2.04. The van der Waals surface area contributed by atoms with Crippen molar-refractivity contribution in [2.75, 3.05) is 0 Å². The van der Waals surface area contributed by atoms with Gasteiger partial charge >= 0.3 is 0 Å². The highest BCUT2D eigenvalue weighted by atomic mass is 14.7. The molecule has 0 aliphatic heterocycles. The number of hydrogen-bond acceptors (Lipinski definition) is 3. The van der Waals surface area contributed by atoms with Gasteiger partial charge in [-0.25, -0.2) is 0 Å². The maximum absolute atomic E-state index is 4.46. The van der Waals surface area contributed by atoms with Crippen molar-refractivity contribution in [1.82, 2.24) is 15.0 Å². The molecule has 3 heterocycles. The summed E-state index contributed by atoms with van der Waals surface area (Å²) < 4.78 is 0. The number of rotatable bonds is 1. The highest BCUT2D eigenvalue weighted by molar-refractivity contribution is 5.86. The molecule has 0 aliphatic rings. The molecule has 0 unspecified atom stereocenters. The fourth-order valence-corrected chi connectivity index (χ4v) is 2.37. The molecule has 3 heteroatoms. The third kappa shape index (κ3) is 1.80. The molecule has 4 aromatic rings. The highest BCUT2D eigenvalue weighted by Gasteiger charge is 2.03. The largest absolute Gasteiger partial charge is 0.256 e. The summed E-state index contributed by atoms with van der Waals surface area (Å²) in [6, 6.07) is 16.2. The van der Waals surface area contributed by atoms with E-state index >= 15 is 0 Å². The van der Waals surface area contributed by atoms with Gasteiger partial charge in [-0.05, 0) is 42.0 Å². The Kier molecular flexibility index (Phi) is 2.42. The molecule has 3 aromatic heterocycles. The first-order chi connectivity index (χ1) is 9.90. The average Bonchev–Trinajstić information content (AvgIpc) is 2.54. The van der Waals surface area contributed by atoms with E-state index in [4.69, 9.17) is 0 Å². The van der Waals surface area contributed by atoms with Crippen LogP contribution in [0.4, 0.5) is 0 Å². The molecule has 0 saturated heterocycles. The number of pyridine rings is 3. The van der Waals surface area contributed by atoms with Crippen LogP contribution in [0.5, 0.6) is 0 Å². The van der Waals surface area contributed by atoms with Crippen molar-refractivity contribution in [3.05, 3.63) is 67.1 Å². The van der Waals surface area contributed by atoms with E-state index < -0.39 is 0 Å². The second-order valence-electron chi connectivity index (χ2n) is 4.68. The van der Waals surface area contributed by atoms with Gasteiger partial charge in [-0.1, -0.05) is 12.1 Å². The standard InChI is InChI=1S/C17H11N3/c1-3-13-9-12(5-6-15(13)18-7-1)14-10-17-16(20-11-14)4-2-8-19-17/h1-11H. The lowest BCUT2D eigenvalue weighted by molar-refractivity contribution is 1.34. The minimum absolute atomic E-state index is 0.913. The average molecular weight is 257 g/mol. The Bertz CT molecular complexity index is 838.